The van der Waals surface area contributed by atoms with E-state index in [4.69, 9.17) is 17.3 Å². The van der Waals surface area contributed by atoms with Crippen LogP contribution in [-0.2, 0) is 10.0 Å². The molecule has 4 nitrogen and oxygen atoms in total. The third-order valence-electron chi connectivity index (χ3n) is 2.63. The molecule has 0 aliphatic carbocycles. The summed E-state index contributed by atoms with van der Waals surface area (Å²) >= 11 is 5.79. The highest BCUT2D eigenvalue weighted by molar-refractivity contribution is 7.92. The molecule has 0 saturated heterocycles. The quantitative estimate of drug-likeness (QED) is 0.855. The predicted octanol–water partition coefficient (Wildman–Crippen LogP) is 3.03. The number of hydrogen-bond acceptors (Lipinski definition) is 3. The monoisotopic (exact) mass is 296 g/mol. The molecular formula is C13H13ClN2O2S. The van der Waals surface area contributed by atoms with Crippen LogP contribution in [0.4, 0.5) is 11.4 Å². The van der Waals surface area contributed by atoms with Gasteiger partial charge in [-0.05, 0) is 48.9 Å². The number of rotatable bonds is 3. The van der Waals surface area contributed by atoms with Gasteiger partial charge in [0.15, 0.2) is 0 Å². The van der Waals surface area contributed by atoms with E-state index in [1.165, 1.54) is 12.1 Å². The van der Waals surface area contributed by atoms with E-state index in [-0.39, 0.29) is 4.90 Å². The van der Waals surface area contributed by atoms with Gasteiger partial charge < -0.3 is 5.73 Å². The zero-order chi connectivity index (χ0) is 14.0. The van der Waals surface area contributed by atoms with E-state index in [0.717, 1.165) is 5.56 Å². The number of sulfonamides is 1. The van der Waals surface area contributed by atoms with E-state index in [9.17, 15) is 8.42 Å². The molecule has 100 valence electrons. The molecule has 0 spiro atoms. The van der Waals surface area contributed by atoms with Crippen LogP contribution in [-0.4, -0.2) is 8.42 Å². The van der Waals surface area contributed by atoms with Gasteiger partial charge in [0, 0.05) is 16.4 Å². The largest absolute Gasteiger partial charge is 0.399 e. The van der Waals surface area contributed by atoms with E-state index in [1.54, 1.807) is 30.3 Å². The lowest BCUT2D eigenvalue weighted by Gasteiger charge is -2.10. The number of nitrogen functional groups attached to an aromatic ring is 1. The Kier molecular flexibility index (Phi) is 3.68. The smallest absolute Gasteiger partial charge is 0.261 e. The number of halogens is 1. The second-order valence-corrected chi connectivity index (χ2v) is 6.25. The maximum atomic E-state index is 12.1. The summed E-state index contributed by atoms with van der Waals surface area (Å²) < 4.78 is 26.8. The molecule has 0 aromatic heterocycles. The fourth-order valence-corrected chi connectivity index (χ4v) is 2.94. The van der Waals surface area contributed by atoms with Gasteiger partial charge >= 0.3 is 0 Å². The molecule has 0 unspecified atom stereocenters. The first-order valence-electron chi connectivity index (χ1n) is 5.53. The second-order valence-electron chi connectivity index (χ2n) is 4.13. The van der Waals surface area contributed by atoms with Gasteiger partial charge in [0.05, 0.1) is 4.90 Å². The molecule has 19 heavy (non-hydrogen) atoms. The molecule has 0 aliphatic rings. The molecule has 0 heterocycles. The molecule has 2 aromatic rings. The average molecular weight is 297 g/mol. The Morgan fingerprint density at radius 3 is 2.53 bits per heavy atom. The van der Waals surface area contributed by atoms with Crippen molar-refractivity contribution < 1.29 is 8.42 Å². The first-order chi connectivity index (χ1) is 8.88. The Balaban J connectivity index is 2.33. The molecule has 0 saturated carbocycles. The van der Waals surface area contributed by atoms with Crippen molar-refractivity contribution in [2.24, 2.45) is 0 Å². The minimum Gasteiger partial charge on any atom is -0.399 e. The Morgan fingerprint density at radius 2 is 1.89 bits per heavy atom. The highest BCUT2D eigenvalue weighted by Crippen LogP contribution is 2.21. The van der Waals surface area contributed by atoms with Crippen LogP contribution >= 0.6 is 11.6 Å². The van der Waals surface area contributed by atoms with Crippen molar-refractivity contribution >= 4 is 33.0 Å². The first-order valence-corrected chi connectivity index (χ1v) is 7.39. The highest BCUT2D eigenvalue weighted by atomic mass is 35.5. The summed E-state index contributed by atoms with van der Waals surface area (Å²) in [4.78, 5) is 0.120. The van der Waals surface area contributed by atoms with Crippen molar-refractivity contribution in [1.82, 2.24) is 0 Å². The van der Waals surface area contributed by atoms with Gasteiger partial charge in [-0.3, -0.25) is 4.72 Å². The summed E-state index contributed by atoms with van der Waals surface area (Å²) in [5.74, 6) is 0. The van der Waals surface area contributed by atoms with E-state index in [1.807, 2.05) is 6.92 Å². The second kappa shape index (κ2) is 5.11. The van der Waals surface area contributed by atoms with Crippen molar-refractivity contribution in [2.75, 3.05) is 10.5 Å². The SMILES string of the molecule is Cc1cc(NS(=O)(=O)c2cccc(Cl)c2)ccc1N. The predicted molar refractivity (Wildman–Crippen MR) is 77.9 cm³/mol. The lowest BCUT2D eigenvalue weighted by molar-refractivity contribution is 0.601. The molecule has 6 heteroatoms. The van der Waals surface area contributed by atoms with Crippen LogP contribution < -0.4 is 10.5 Å². The Hall–Kier alpha value is -1.72. The van der Waals surface area contributed by atoms with Crippen molar-refractivity contribution in [3.05, 3.63) is 53.1 Å². The van der Waals surface area contributed by atoms with Crippen molar-refractivity contribution in [1.29, 1.82) is 0 Å². The molecule has 3 N–H and O–H groups in total. The standard InChI is InChI=1S/C13H13ClN2O2S/c1-9-7-11(5-6-13(9)15)16-19(17,18)12-4-2-3-10(14)8-12/h2-8,16H,15H2,1H3. The third kappa shape index (κ3) is 3.19. The van der Waals surface area contributed by atoms with Crippen LogP contribution in [0, 0.1) is 6.92 Å². The normalized spacial score (nSPS) is 11.3. The van der Waals surface area contributed by atoms with Crippen LogP contribution in [0.5, 0.6) is 0 Å². The zero-order valence-electron chi connectivity index (χ0n) is 10.2. The van der Waals surface area contributed by atoms with Crippen LogP contribution in [0.3, 0.4) is 0 Å². The van der Waals surface area contributed by atoms with Gasteiger partial charge in [0.1, 0.15) is 0 Å². The topological polar surface area (TPSA) is 72.2 Å². The average Bonchev–Trinajstić information content (AvgIpc) is 2.33. The highest BCUT2D eigenvalue weighted by Gasteiger charge is 2.14. The van der Waals surface area contributed by atoms with Gasteiger partial charge in [0.25, 0.3) is 10.0 Å². The molecule has 2 aromatic carbocycles. The summed E-state index contributed by atoms with van der Waals surface area (Å²) in [6, 6.07) is 11.0. The first kappa shape index (κ1) is 13.7. The number of aryl methyl sites for hydroxylation is 1. The third-order valence-corrected chi connectivity index (χ3v) is 4.24. The van der Waals surface area contributed by atoms with Gasteiger partial charge in [0.2, 0.25) is 0 Å². The van der Waals surface area contributed by atoms with E-state index >= 15 is 0 Å². The molecule has 0 bridgehead atoms. The molecule has 2 rings (SSSR count). The Bertz CT molecular complexity index is 714. The van der Waals surface area contributed by atoms with Gasteiger partial charge in [-0.15, -0.1) is 0 Å². The maximum Gasteiger partial charge on any atom is 0.261 e. The van der Waals surface area contributed by atoms with Gasteiger partial charge in [-0.2, -0.15) is 0 Å². The molecule has 0 fully saturated rings. The van der Waals surface area contributed by atoms with Crippen LogP contribution in [0.25, 0.3) is 0 Å². The Labute approximate surface area is 117 Å². The number of benzene rings is 2. The zero-order valence-corrected chi connectivity index (χ0v) is 11.8. The van der Waals surface area contributed by atoms with Crippen LogP contribution in [0.1, 0.15) is 5.56 Å². The molecule has 0 amide bonds. The van der Waals surface area contributed by atoms with Crippen molar-refractivity contribution in [3.63, 3.8) is 0 Å². The molecular weight excluding hydrogens is 284 g/mol. The van der Waals surface area contributed by atoms with E-state index in [0.29, 0.717) is 16.4 Å². The fraction of sp³-hybridized carbons (Fsp3) is 0.0769. The summed E-state index contributed by atoms with van der Waals surface area (Å²) in [5, 5.41) is 0.372. The number of hydrogen-bond donors (Lipinski definition) is 2. The van der Waals surface area contributed by atoms with Crippen molar-refractivity contribution in [2.45, 2.75) is 11.8 Å². The molecule has 0 atom stereocenters. The van der Waals surface area contributed by atoms with Gasteiger partial charge in [-0.1, -0.05) is 17.7 Å². The summed E-state index contributed by atoms with van der Waals surface area (Å²) in [6.07, 6.45) is 0. The minimum atomic E-state index is -3.64. The number of nitrogens with two attached hydrogens (primary N) is 1. The van der Waals surface area contributed by atoms with E-state index in [2.05, 4.69) is 4.72 Å². The van der Waals surface area contributed by atoms with E-state index < -0.39 is 10.0 Å². The summed E-state index contributed by atoms with van der Waals surface area (Å²) in [7, 11) is -3.64. The minimum absolute atomic E-state index is 0.120. The number of nitrogens with one attached hydrogen (secondary N) is 1. The van der Waals surface area contributed by atoms with Crippen LogP contribution in [0.15, 0.2) is 47.4 Å². The molecule has 0 radical (unpaired) electrons. The maximum absolute atomic E-state index is 12.1. The lowest BCUT2D eigenvalue weighted by atomic mass is 10.2. The lowest BCUT2D eigenvalue weighted by Crippen LogP contribution is -2.13. The number of anilines is 2. The Morgan fingerprint density at radius 1 is 1.16 bits per heavy atom. The summed E-state index contributed by atoms with van der Waals surface area (Å²) in [6.45, 7) is 1.81. The van der Waals surface area contributed by atoms with Crippen LogP contribution in [0.2, 0.25) is 5.02 Å². The summed E-state index contributed by atoms with van der Waals surface area (Å²) in [5.41, 5.74) is 7.58. The molecule has 0 aliphatic heterocycles. The van der Waals surface area contributed by atoms with Crippen molar-refractivity contribution in [3.8, 4) is 0 Å². The van der Waals surface area contributed by atoms with Gasteiger partial charge in [-0.25, -0.2) is 8.42 Å². The fourth-order valence-electron chi connectivity index (χ4n) is 1.59.